The zero-order valence-electron chi connectivity index (χ0n) is 17.8. The van der Waals surface area contributed by atoms with Gasteiger partial charge in [-0.05, 0) is 62.1 Å². The minimum Gasteiger partial charge on any atom is -0.378 e. The summed E-state index contributed by atoms with van der Waals surface area (Å²) in [5.41, 5.74) is 3.40. The molecule has 1 atom stereocenters. The lowest BCUT2D eigenvalue weighted by molar-refractivity contribution is 0.0460. The zero-order chi connectivity index (χ0) is 21.0. The summed E-state index contributed by atoms with van der Waals surface area (Å²) in [6.45, 7) is 8.57. The Kier molecular flexibility index (Phi) is 7.01. The molecule has 3 nitrogen and oxygen atoms in total. The van der Waals surface area contributed by atoms with Gasteiger partial charge in [0.2, 0.25) is 0 Å². The molecule has 0 radical (unpaired) electrons. The van der Waals surface area contributed by atoms with Crippen molar-refractivity contribution in [1.29, 1.82) is 0 Å². The van der Waals surface area contributed by atoms with Crippen molar-refractivity contribution in [3.05, 3.63) is 58.9 Å². The van der Waals surface area contributed by atoms with Crippen molar-refractivity contribution in [2.24, 2.45) is 0 Å². The number of ether oxygens (including phenoxy) is 1. The van der Waals surface area contributed by atoms with Gasteiger partial charge in [-0.25, -0.2) is 13.8 Å². The van der Waals surface area contributed by atoms with E-state index in [1.54, 1.807) is 6.92 Å². The minimum absolute atomic E-state index is 0.00794. The SMILES string of the molecule is CCCCC(Cc1c(-c2c(F)cc(C)cc2F)nc2cc(C)ccn12)OCCC. The van der Waals surface area contributed by atoms with Crippen molar-refractivity contribution in [3.8, 4) is 11.3 Å². The van der Waals surface area contributed by atoms with Gasteiger partial charge in [-0.2, -0.15) is 0 Å². The van der Waals surface area contributed by atoms with Crippen LogP contribution in [0.1, 0.15) is 56.4 Å². The Morgan fingerprint density at radius 2 is 1.76 bits per heavy atom. The first kappa shape index (κ1) is 21.4. The third kappa shape index (κ3) is 4.84. The molecule has 0 saturated heterocycles. The molecular weight excluding hydrogens is 370 g/mol. The quantitative estimate of drug-likeness (QED) is 0.414. The summed E-state index contributed by atoms with van der Waals surface area (Å²) in [5.74, 6) is -1.16. The number of unbranched alkanes of at least 4 members (excludes halogenated alkanes) is 1. The van der Waals surface area contributed by atoms with Gasteiger partial charge < -0.3 is 9.14 Å². The number of pyridine rings is 1. The number of imidazole rings is 1. The summed E-state index contributed by atoms with van der Waals surface area (Å²) < 4.78 is 37.6. The number of hydrogen-bond acceptors (Lipinski definition) is 2. The van der Waals surface area contributed by atoms with Crippen LogP contribution in [0, 0.1) is 25.5 Å². The van der Waals surface area contributed by atoms with E-state index in [1.807, 2.05) is 29.7 Å². The van der Waals surface area contributed by atoms with Crippen LogP contribution in [0.3, 0.4) is 0 Å². The summed E-state index contributed by atoms with van der Waals surface area (Å²) in [7, 11) is 0. The first-order chi connectivity index (χ1) is 13.9. The highest BCUT2D eigenvalue weighted by Crippen LogP contribution is 2.32. The number of aromatic nitrogens is 2. The molecule has 156 valence electrons. The minimum atomic E-state index is -0.580. The van der Waals surface area contributed by atoms with Gasteiger partial charge in [-0.15, -0.1) is 0 Å². The van der Waals surface area contributed by atoms with E-state index in [2.05, 4.69) is 18.8 Å². The number of rotatable bonds is 9. The van der Waals surface area contributed by atoms with E-state index in [0.717, 1.165) is 36.9 Å². The van der Waals surface area contributed by atoms with Crippen LogP contribution in [0.5, 0.6) is 0 Å². The van der Waals surface area contributed by atoms with Crippen molar-refractivity contribution in [2.45, 2.75) is 65.9 Å². The Balaban J connectivity index is 2.13. The third-order valence-corrected chi connectivity index (χ3v) is 5.16. The van der Waals surface area contributed by atoms with Crippen molar-refractivity contribution >= 4 is 5.65 Å². The number of benzene rings is 1. The molecule has 0 N–H and O–H groups in total. The van der Waals surface area contributed by atoms with E-state index in [4.69, 9.17) is 4.74 Å². The highest BCUT2D eigenvalue weighted by Gasteiger charge is 2.23. The number of fused-ring (bicyclic) bond motifs is 1. The van der Waals surface area contributed by atoms with Crippen LogP contribution in [-0.2, 0) is 11.2 Å². The summed E-state index contributed by atoms with van der Waals surface area (Å²) in [4.78, 5) is 4.64. The van der Waals surface area contributed by atoms with Gasteiger partial charge in [0, 0.05) is 19.2 Å². The topological polar surface area (TPSA) is 26.5 Å². The highest BCUT2D eigenvalue weighted by molar-refractivity contribution is 5.68. The molecular formula is C24H30F2N2O. The second-order valence-electron chi connectivity index (χ2n) is 7.78. The maximum atomic E-state index is 14.8. The van der Waals surface area contributed by atoms with Crippen LogP contribution in [0.25, 0.3) is 16.9 Å². The number of nitrogens with zero attached hydrogens (tertiary/aromatic N) is 2. The fourth-order valence-corrected chi connectivity index (χ4v) is 3.69. The van der Waals surface area contributed by atoms with Crippen LogP contribution >= 0.6 is 0 Å². The Morgan fingerprint density at radius 3 is 2.41 bits per heavy atom. The van der Waals surface area contributed by atoms with Gasteiger partial charge in [0.1, 0.15) is 17.3 Å². The first-order valence-corrected chi connectivity index (χ1v) is 10.5. The molecule has 0 aliphatic heterocycles. The number of hydrogen-bond donors (Lipinski definition) is 0. The Hall–Kier alpha value is -2.27. The van der Waals surface area contributed by atoms with Gasteiger partial charge in [0.25, 0.3) is 0 Å². The van der Waals surface area contributed by atoms with Crippen LogP contribution < -0.4 is 0 Å². The molecule has 3 rings (SSSR count). The fraction of sp³-hybridized carbons (Fsp3) is 0.458. The lowest BCUT2D eigenvalue weighted by Crippen LogP contribution is -2.18. The molecule has 2 heterocycles. The standard InChI is InChI=1S/C24H30F2N2O/c1-5-7-8-18(29-11-6-2)15-21-24(23-19(25)12-17(4)13-20(23)26)27-22-14-16(3)9-10-28(21)22/h9-10,12-14,18H,5-8,11,15H2,1-4H3. The van der Waals surface area contributed by atoms with Crippen LogP contribution in [0.4, 0.5) is 8.78 Å². The summed E-state index contributed by atoms with van der Waals surface area (Å²) in [6.07, 6.45) is 6.45. The average molecular weight is 401 g/mol. The summed E-state index contributed by atoms with van der Waals surface area (Å²) >= 11 is 0. The van der Waals surface area contributed by atoms with Gasteiger partial charge >= 0.3 is 0 Å². The van der Waals surface area contributed by atoms with Crippen molar-refractivity contribution in [3.63, 3.8) is 0 Å². The smallest absolute Gasteiger partial charge is 0.137 e. The normalized spacial score (nSPS) is 12.6. The van der Waals surface area contributed by atoms with Crippen molar-refractivity contribution < 1.29 is 13.5 Å². The van der Waals surface area contributed by atoms with E-state index in [1.165, 1.54) is 12.1 Å². The monoisotopic (exact) mass is 400 g/mol. The fourth-order valence-electron chi connectivity index (χ4n) is 3.69. The Bertz CT molecular complexity index is 949. The molecule has 0 saturated carbocycles. The lowest BCUT2D eigenvalue weighted by Gasteiger charge is -2.18. The molecule has 0 fully saturated rings. The summed E-state index contributed by atoms with van der Waals surface area (Å²) in [5, 5.41) is 0. The first-order valence-electron chi connectivity index (χ1n) is 10.5. The zero-order valence-corrected chi connectivity index (χ0v) is 17.8. The molecule has 2 aromatic heterocycles. The molecule has 1 unspecified atom stereocenters. The van der Waals surface area contributed by atoms with Gasteiger partial charge in [-0.3, -0.25) is 0 Å². The van der Waals surface area contributed by atoms with Crippen LogP contribution in [-0.4, -0.2) is 22.1 Å². The number of aryl methyl sites for hydroxylation is 2. The average Bonchev–Trinajstić information content (AvgIpc) is 3.00. The molecule has 0 aliphatic rings. The molecule has 0 bridgehead atoms. The van der Waals surface area contributed by atoms with Gasteiger partial charge in [0.05, 0.1) is 23.1 Å². The van der Waals surface area contributed by atoms with Crippen LogP contribution in [0.15, 0.2) is 30.5 Å². The predicted octanol–water partition coefficient (Wildman–Crippen LogP) is 6.42. The second kappa shape index (κ2) is 9.49. The molecule has 0 spiro atoms. The van der Waals surface area contributed by atoms with E-state index in [0.29, 0.717) is 29.9 Å². The number of halogens is 2. The molecule has 0 aliphatic carbocycles. The largest absolute Gasteiger partial charge is 0.378 e. The lowest BCUT2D eigenvalue weighted by atomic mass is 10.0. The van der Waals surface area contributed by atoms with E-state index >= 15 is 0 Å². The predicted molar refractivity (Wildman–Crippen MR) is 113 cm³/mol. The third-order valence-electron chi connectivity index (χ3n) is 5.16. The highest BCUT2D eigenvalue weighted by atomic mass is 19.1. The molecule has 3 aromatic rings. The molecule has 0 amide bonds. The molecule has 29 heavy (non-hydrogen) atoms. The Labute approximate surface area is 171 Å². The van der Waals surface area contributed by atoms with E-state index < -0.39 is 11.6 Å². The van der Waals surface area contributed by atoms with E-state index in [-0.39, 0.29) is 11.7 Å². The van der Waals surface area contributed by atoms with Gasteiger partial charge in [0.15, 0.2) is 0 Å². The second-order valence-corrected chi connectivity index (χ2v) is 7.78. The maximum absolute atomic E-state index is 14.8. The van der Waals surface area contributed by atoms with E-state index in [9.17, 15) is 8.78 Å². The van der Waals surface area contributed by atoms with Crippen molar-refractivity contribution in [2.75, 3.05) is 6.61 Å². The maximum Gasteiger partial charge on any atom is 0.137 e. The molecule has 5 heteroatoms. The summed E-state index contributed by atoms with van der Waals surface area (Å²) in [6, 6.07) is 6.64. The van der Waals surface area contributed by atoms with Crippen LogP contribution in [0.2, 0.25) is 0 Å². The van der Waals surface area contributed by atoms with Crippen molar-refractivity contribution in [1.82, 2.24) is 9.38 Å². The van der Waals surface area contributed by atoms with Gasteiger partial charge in [-0.1, -0.05) is 26.7 Å². The Morgan fingerprint density at radius 1 is 1.03 bits per heavy atom. The molecule has 1 aromatic carbocycles.